The third kappa shape index (κ3) is 3.88. The van der Waals surface area contributed by atoms with Gasteiger partial charge in [0.2, 0.25) is 5.95 Å². The Labute approximate surface area is 170 Å². The number of ether oxygens (including phenoxy) is 1. The largest absolute Gasteiger partial charge is 0.457 e. The Hall–Kier alpha value is -2.65. The molecule has 2 N–H and O–H groups in total. The van der Waals surface area contributed by atoms with E-state index in [2.05, 4.69) is 37.9 Å². The molecule has 0 bridgehead atoms. The summed E-state index contributed by atoms with van der Waals surface area (Å²) in [7, 11) is 1.97. The van der Waals surface area contributed by atoms with Crippen molar-refractivity contribution in [3.63, 3.8) is 0 Å². The lowest BCUT2D eigenvalue weighted by molar-refractivity contribution is 0.276. The van der Waals surface area contributed by atoms with Crippen LogP contribution in [-0.2, 0) is 13.7 Å². The van der Waals surface area contributed by atoms with Crippen LogP contribution < -0.4 is 10.1 Å². The zero-order valence-corrected chi connectivity index (χ0v) is 16.7. The molecule has 2 aromatic carbocycles. The van der Waals surface area contributed by atoms with E-state index in [1.165, 1.54) is 3.57 Å². The summed E-state index contributed by atoms with van der Waals surface area (Å²) in [5.41, 5.74) is 3.38. The Balaban J connectivity index is 1.61. The molecule has 136 valence electrons. The van der Waals surface area contributed by atoms with Crippen molar-refractivity contribution in [2.45, 2.75) is 6.61 Å². The van der Waals surface area contributed by atoms with Crippen LogP contribution in [0.25, 0.3) is 11.0 Å². The minimum absolute atomic E-state index is 0.121. The van der Waals surface area contributed by atoms with Crippen LogP contribution in [0.2, 0.25) is 0 Å². The average Bonchev–Trinajstić information content (AvgIpc) is 2.99. The number of aromatic nitrogens is 3. The summed E-state index contributed by atoms with van der Waals surface area (Å²) in [6.07, 6.45) is 1.61. The molecule has 27 heavy (non-hydrogen) atoms. The van der Waals surface area contributed by atoms with Gasteiger partial charge in [-0.1, -0.05) is 0 Å². The van der Waals surface area contributed by atoms with Crippen molar-refractivity contribution in [1.82, 2.24) is 14.5 Å². The van der Waals surface area contributed by atoms with Crippen molar-refractivity contribution in [2.75, 3.05) is 5.32 Å². The zero-order chi connectivity index (χ0) is 18.8. The first-order chi connectivity index (χ1) is 13.1. The Morgan fingerprint density at radius 3 is 2.63 bits per heavy atom. The molecule has 4 rings (SSSR count). The number of hydrogen-bond acceptors (Lipinski definition) is 5. The molecule has 0 aliphatic carbocycles. The normalized spacial score (nSPS) is 10.9. The van der Waals surface area contributed by atoms with E-state index in [-0.39, 0.29) is 6.61 Å². The van der Waals surface area contributed by atoms with E-state index < -0.39 is 0 Å². The number of fused-ring (bicyclic) bond motifs is 1. The number of imidazole rings is 1. The van der Waals surface area contributed by atoms with Crippen LogP contribution >= 0.6 is 22.6 Å². The first-order valence-corrected chi connectivity index (χ1v) is 9.43. The van der Waals surface area contributed by atoms with Crippen molar-refractivity contribution in [3.05, 3.63) is 70.1 Å². The quantitative estimate of drug-likeness (QED) is 0.416. The lowest BCUT2D eigenvalue weighted by Gasteiger charge is -2.07. The third-order valence-electron chi connectivity index (χ3n) is 4.14. The lowest BCUT2D eigenvalue weighted by atomic mass is 10.3. The van der Waals surface area contributed by atoms with Crippen molar-refractivity contribution in [2.24, 2.45) is 7.05 Å². The smallest absolute Gasteiger partial charge is 0.208 e. The second kappa shape index (κ2) is 7.53. The fraction of sp³-hybridized carbons (Fsp3) is 0.100. The van der Waals surface area contributed by atoms with Gasteiger partial charge in [0.15, 0.2) is 0 Å². The molecule has 0 radical (unpaired) electrons. The second-order valence-electron chi connectivity index (χ2n) is 6.02. The zero-order valence-electron chi connectivity index (χ0n) is 14.6. The van der Waals surface area contributed by atoms with E-state index in [4.69, 9.17) is 4.74 Å². The lowest BCUT2D eigenvalue weighted by Crippen LogP contribution is -1.98. The highest BCUT2D eigenvalue weighted by atomic mass is 127. The van der Waals surface area contributed by atoms with E-state index in [1.807, 2.05) is 54.1 Å². The summed E-state index contributed by atoms with van der Waals surface area (Å²) in [6, 6.07) is 17.4. The van der Waals surface area contributed by atoms with Gasteiger partial charge in [0.1, 0.15) is 11.5 Å². The Morgan fingerprint density at radius 1 is 1.07 bits per heavy atom. The summed E-state index contributed by atoms with van der Waals surface area (Å²) in [5, 5.41) is 12.5. The molecular weight excluding hydrogens is 455 g/mol. The maximum atomic E-state index is 9.20. The molecule has 0 spiro atoms. The van der Waals surface area contributed by atoms with Crippen LogP contribution in [0.4, 0.5) is 11.6 Å². The molecule has 0 unspecified atom stereocenters. The number of anilines is 2. The van der Waals surface area contributed by atoms with Crippen LogP contribution in [0.5, 0.6) is 11.5 Å². The van der Waals surface area contributed by atoms with E-state index in [9.17, 15) is 5.11 Å². The number of pyridine rings is 1. The van der Waals surface area contributed by atoms with Crippen molar-refractivity contribution >= 4 is 45.3 Å². The fourth-order valence-corrected chi connectivity index (χ4v) is 3.12. The van der Waals surface area contributed by atoms with Crippen molar-refractivity contribution in [1.29, 1.82) is 0 Å². The van der Waals surface area contributed by atoms with Gasteiger partial charge in [-0.3, -0.25) is 4.98 Å². The summed E-state index contributed by atoms with van der Waals surface area (Å²) in [4.78, 5) is 8.74. The minimum Gasteiger partial charge on any atom is -0.457 e. The third-order valence-corrected chi connectivity index (χ3v) is 4.86. The number of aliphatic hydroxyl groups is 1. The number of hydrogen-bond donors (Lipinski definition) is 2. The molecule has 0 saturated heterocycles. The summed E-state index contributed by atoms with van der Waals surface area (Å²) < 4.78 is 9.08. The van der Waals surface area contributed by atoms with Gasteiger partial charge in [0.05, 0.1) is 23.3 Å². The molecule has 0 saturated carbocycles. The second-order valence-corrected chi connectivity index (χ2v) is 7.27. The average molecular weight is 472 g/mol. The summed E-state index contributed by atoms with van der Waals surface area (Å²) >= 11 is 2.28. The number of aliphatic hydroxyl groups excluding tert-OH is 1. The monoisotopic (exact) mass is 472 g/mol. The fourth-order valence-electron chi connectivity index (χ4n) is 2.76. The van der Waals surface area contributed by atoms with Crippen LogP contribution in [0, 0.1) is 3.57 Å². The predicted molar refractivity (Wildman–Crippen MR) is 113 cm³/mol. The molecule has 0 aliphatic rings. The van der Waals surface area contributed by atoms with Gasteiger partial charge < -0.3 is 19.7 Å². The summed E-state index contributed by atoms with van der Waals surface area (Å²) in [6.45, 7) is -0.121. The molecule has 0 atom stereocenters. The van der Waals surface area contributed by atoms with Gasteiger partial charge in [-0.05, 0) is 65.1 Å². The van der Waals surface area contributed by atoms with Crippen molar-refractivity contribution in [3.8, 4) is 11.5 Å². The van der Waals surface area contributed by atoms with Gasteiger partial charge in [-0.2, -0.15) is 0 Å². The van der Waals surface area contributed by atoms with E-state index in [1.54, 1.807) is 18.3 Å². The number of benzene rings is 2. The van der Waals surface area contributed by atoms with E-state index >= 15 is 0 Å². The first kappa shape index (κ1) is 17.7. The van der Waals surface area contributed by atoms with Gasteiger partial charge in [-0.15, -0.1) is 0 Å². The Kier molecular flexibility index (Phi) is 4.95. The molecule has 7 heteroatoms. The molecule has 2 aromatic heterocycles. The highest BCUT2D eigenvalue weighted by Gasteiger charge is 2.10. The number of nitrogens with zero attached hydrogens (tertiary/aromatic N) is 3. The molecular formula is C20H17IN4O2. The van der Waals surface area contributed by atoms with Crippen LogP contribution in [0.1, 0.15) is 5.69 Å². The molecule has 0 aliphatic heterocycles. The predicted octanol–water partition coefficient (Wildman–Crippen LogP) is 4.60. The first-order valence-electron chi connectivity index (χ1n) is 8.35. The van der Waals surface area contributed by atoms with Gasteiger partial charge >= 0.3 is 0 Å². The SMILES string of the molecule is Cn1c(Nc2ccc(I)cc2)nc2cc(Oc3ccnc(CO)c3)ccc21. The number of rotatable bonds is 5. The van der Waals surface area contributed by atoms with Gasteiger partial charge in [0, 0.05) is 34.6 Å². The Morgan fingerprint density at radius 2 is 1.85 bits per heavy atom. The van der Waals surface area contributed by atoms with Gasteiger partial charge in [0.25, 0.3) is 0 Å². The highest BCUT2D eigenvalue weighted by molar-refractivity contribution is 14.1. The number of nitrogens with one attached hydrogen (secondary N) is 1. The topological polar surface area (TPSA) is 72.2 Å². The summed E-state index contributed by atoms with van der Waals surface area (Å²) in [5.74, 6) is 2.06. The minimum atomic E-state index is -0.121. The van der Waals surface area contributed by atoms with Gasteiger partial charge in [-0.25, -0.2) is 4.98 Å². The maximum Gasteiger partial charge on any atom is 0.208 e. The molecule has 0 fully saturated rings. The Bertz CT molecular complexity index is 1090. The van der Waals surface area contributed by atoms with Crippen LogP contribution in [0.3, 0.4) is 0 Å². The van der Waals surface area contributed by atoms with Crippen LogP contribution in [-0.4, -0.2) is 19.6 Å². The molecule has 4 aromatic rings. The van der Waals surface area contributed by atoms with E-state index in [0.717, 1.165) is 22.7 Å². The maximum absolute atomic E-state index is 9.20. The standard InChI is InChI=1S/C20H17IN4O2/c1-25-19-7-6-16(27-17-8-9-22-15(10-17)12-26)11-18(19)24-20(25)23-14-4-2-13(21)3-5-14/h2-11,26H,12H2,1H3,(H,23,24). The number of halogens is 1. The number of aryl methyl sites for hydroxylation is 1. The van der Waals surface area contributed by atoms with Crippen molar-refractivity contribution < 1.29 is 9.84 Å². The van der Waals surface area contributed by atoms with E-state index in [0.29, 0.717) is 17.2 Å². The highest BCUT2D eigenvalue weighted by Crippen LogP contribution is 2.28. The van der Waals surface area contributed by atoms with Crippen LogP contribution in [0.15, 0.2) is 60.8 Å². The molecule has 2 heterocycles. The molecule has 6 nitrogen and oxygen atoms in total. The molecule has 0 amide bonds.